The van der Waals surface area contributed by atoms with Crippen molar-refractivity contribution < 1.29 is 47.6 Å². The SMILES string of the molecule is CCC(C)OC(=O)Oc1ccc(C[C@H](NCCOC(=O)CCC(C)C)C(=O)OC)cc1OC(=O)OC(C)CC. The number of esters is 2. The second-order valence-electron chi connectivity index (χ2n) is 9.55. The summed E-state index contributed by atoms with van der Waals surface area (Å²) in [6.07, 6.45) is -0.274. The molecular formula is C28H43NO10. The van der Waals surface area contributed by atoms with Crippen molar-refractivity contribution in [3.63, 3.8) is 0 Å². The van der Waals surface area contributed by atoms with E-state index in [2.05, 4.69) is 5.32 Å². The minimum atomic E-state index is -0.969. The highest BCUT2D eigenvalue weighted by molar-refractivity contribution is 5.76. The normalized spacial score (nSPS) is 13.1. The topological polar surface area (TPSA) is 136 Å². The summed E-state index contributed by atoms with van der Waals surface area (Å²) in [5, 5.41) is 3.02. The fourth-order valence-corrected chi connectivity index (χ4v) is 3.06. The number of hydrogen-bond donors (Lipinski definition) is 1. The monoisotopic (exact) mass is 553 g/mol. The summed E-state index contributed by atoms with van der Waals surface area (Å²) in [5.74, 6) is -0.563. The molecule has 1 rings (SSSR count). The predicted octanol–water partition coefficient (Wildman–Crippen LogP) is 4.97. The van der Waals surface area contributed by atoms with E-state index in [1.807, 2.05) is 27.7 Å². The van der Waals surface area contributed by atoms with E-state index in [1.54, 1.807) is 19.9 Å². The smallest absolute Gasteiger partial charge is 0.468 e. The largest absolute Gasteiger partial charge is 0.514 e. The Morgan fingerprint density at radius 3 is 2.00 bits per heavy atom. The van der Waals surface area contributed by atoms with Crippen LogP contribution in [-0.4, -0.2) is 62.8 Å². The first-order valence-corrected chi connectivity index (χ1v) is 13.4. The molecule has 2 unspecified atom stereocenters. The van der Waals surface area contributed by atoms with E-state index in [1.165, 1.54) is 19.2 Å². The molecule has 11 heteroatoms. The molecule has 220 valence electrons. The number of carbonyl (C=O) groups is 4. The molecule has 1 aromatic carbocycles. The van der Waals surface area contributed by atoms with Crippen molar-refractivity contribution in [1.82, 2.24) is 5.32 Å². The number of nitrogens with one attached hydrogen (secondary N) is 1. The summed E-state index contributed by atoms with van der Waals surface area (Å²) >= 11 is 0. The van der Waals surface area contributed by atoms with E-state index in [-0.39, 0.29) is 49.2 Å². The fourth-order valence-electron chi connectivity index (χ4n) is 3.06. The van der Waals surface area contributed by atoms with Crippen molar-refractivity contribution >= 4 is 24.2 Å². The van der Waals surface area contributed by atoms with Crippen molar-refractivity contribution in [1.29, 1.82) is 0 Å². The Morgan fingerprint density at radius 1 is 0.872 bits per heavy atom. The highest BCUT2D eigenvalue weighted by atomic mass is 16.7. The minimum absolute atomic E-state index is 0.0518. The Hall–Kier alpha value is -3.34. The fraction of sp³-hybridized carbons (Fsp3) is 0.643. The summed E-state index contributed by atoms with van der Waals surface area (Å²) in [7, 11) is 1.27. The average molecular weight is 554 g/mol. The van der Waals surface area contributed by atoms with Crippen LogP contribution in [0.25, 0.3) is 0 Å². The molecule has 0 amide bonds. The lowest BCUT2D eigenvalue weighted by Gasteiger charge is -2.18. The number of rotatable bonds is 16. The van der Waals surface area contributed by atoms with Crippen LogP contribution in [0.5, 0.6) is 11.5 Å². The maximum Gasteiger partial charge on any atom is 0.514 e. The zero-order valence-corrected chi connectivity index (χ0v) is 24.1. The summed E-state index contributed by atoms with van der Waals surface area (Å²) < 4.78 is 31.0. The average Bonchev–Trinajstić information content (AvgIpc) is 2.89. The number of hydrogen-bond acceptors (Lipinski definition) is 11. The van der Waals surface area contributed by atoms with Crippen LogP contribution >= 0.6 is 0 Å². The first kappa shape index (κ1) is 33.7. The van der Waals surface area contributed by atoms with Gasteiger partial charge in [0.15, 0.2) is 11.5 Å². The molecule has 3 atom stereocenters. The van der Waals surface area contributed by atoms with Gasteiger partial charge in [-0.1, -0.05) is 33.8 Å². The van der Waals surface area contributed by atoms with Crippen LogP contribution in [0.1, 0.15) is 72.8 Å². The Labute approximate surface area is 230 Å². The van der Waals surface area contributed by atoms with E-state index < -0.39 is 24.3 Å². The van der Waals surface area contributed by atoms with E-state index >= 15 is 0 Å². The maximum absolute atomic E-state index is 12.4. The Bertz CT molecular complexity index is 933. The second kappa shape index (κ2) is 18.0. The molecule has 0 aliphatic rings. The second-order valence-corrected chi connectivity index (χ2v) is 9.55. The lowest BCUT2D eigenvalue weighted by atomic mass is 10.1. The quantitative estimate of drug-likeness (QED) is 0.129. The molecule has 0 radical (unpaired) electrons. The van der Waals surface area contributed by atoms with Crippen LogP contribution in [-0.2, 0) is 35.0 Å². The van der Waals surface area contributed by atoms with Crippen molar-refractivity contribution in [2.75, 3.05) is 20.3 Å². The summed E-state index contributed by atoms with van der Waals surface area (Å²) in [5.41, 5.74) is 0.570. The van der Waals surface area contributed by atoms with Crippen LogP contribution in [0.4, 0.5) is 9.59 Å². The van der Waals surface area contributed by atoms with Gasteiger partial charge in [0, 0.05) is 13.0 Å². The molecule has 0 saturated heterocycles. The summed E-state index contributed by atoms with van der Waals surface area (Å²) in [4.78, 5) is 48.7. The van der Waals surface area contributed by atoms with Crippen LogP contribution in [0.3, 0.4) is 0 Å². The van der Waals surface area contributed by atoms with E-state index in [9.17, 15) is 19.2 Å². The zero-order chi connectivity index (χ0) is 29.4. The van der Waals surface area contributed by atoms with Crippen LogP contribution in [0.2, 0.25) is 0 Å². The van der Waals surface area contributed by atoms with Gasteiger partial charge in [0.05, 0.1) is 7.11 Å². The lowest BCUT2D eigenvalue weighted by Crippen LogP contribution is -2.41. The number of methoxy groups -OCH3 is 1. The molecule has 0 saturated carbocycles. The molecule has 0 aliphatic carbocycles. The number of ether oxygens (including phenoxy) is 6. The van der Waals surface area contributed by atoms with E-state index in [0.717, 1.165) is 6.42 Å². The Morgan fingerprint density at radius 2 is 1.46 bits per heavy atom. The van der Waals surface area contributed by atoms with Gasteiger partial charge >= 0.3 is 24.2 Å². The van der Waals surface area contributed by atoms with Gasteiger partial charge in [-0.3, -0.25) is 9.59 Å². The molecule has 39 heavy (non-hydrogen) atoms. The third kappa shape index (κ3) is 13.9. The van der Waals surface area contributed by atoms with E-state index in [0.29, 0.717) is 30.7 Å². The van der Waals surface area contributed by atoms with Gasteiger partial charge in [0.1, 0.15) is 24.9 Å². The van der Waals surface area contributed by atoms with Crippen LogP contribution < -0.4 is 14.8 Å². The van der Waals surface area contributed by atoms with Gasteiger partial charge in [-0.2, -0.15) is 0 Å². The van der Waals surface area contributed by atoms with Gasteiger partial charge in [-0.05, 0) is 63.1 Å². The first-order valence-electron chi connectivity index (χ1n) is 13.4. The molecule has 0 bridgehead atoms. The molecule has 0 heterocycles. The van der Waals surface area contributed by atoms with E-state index in [4.69, 9.17) is 28.4 Å². The Balaban J connectivity index is 2.98. The first-order chi connectivity index (χ1) is 18.5. The molecule has 0 fully saturated rings. The number of benzene rings is 1. The molecule has 11 nitrogen and oxygen atoms in total. The molecule has 1 N–H and O–H groups in total. The van der Waals surface area contributed by atoms with Gasteiger partial charge in [0.25, 0.3) is 0 Å². The third-order valence-electron chi connectivity index (χ3n) is 5.75. The molecule has 1 aromatic rings. The van der Waals surface area contributed by atoms with Crippen molar-refractivity contribution in [3.8, 4) is 11.5 Å². The Kier molecular flexibility index (Phi) is 15.6. The number of carbonyl (C=O) groups excluding carboxylic acids is 4. The molecule has 0 aromatic heterocycles. The van der Waals surface area contributed by atoms with Gasteiger partial charge in [-0.15, -0.1) is 0 Å². The van der Waals surface area contributed by atoms with Crippen LogP contribution in [0.15, 0.2) is 18.2 Å². The van der Waals surface area contributed by atoms with Gasteiger partial charge in [0.2, 0.25) is 0 Å². The molecule has 0 spiro atoms. The van der Waals surface area contributed by atoms with Gasteiger partial charge in [-0.25, -0.2) is 9.59 Å². The minimum Gasteiger partial charge on any atom is -0.468 e. The summed E-state index contributed by atoms with van der Waals surface area (Å²) in [6.45, 7) is 11.5. The maximum atomic E-state index is 12.4. The van der Waals surface area contributed by atoms with Gasteiger partial charge < -0.3 is 33.7 Å². The van der Waals surface area contributed by atoms with Crippen molar-refractivity contribution in [3.05, 3.63) is 23.8 Å². The molecular weight excluding hydrogens is 510 g/mol. The highest BCUT2D eigenvalue weighted by Gasteiger charge is 2.23. The third-order valence-corrected chi connectivity index (χ3v) is 5.75. The molecule has 0 aliphatic heterocycles. The summed E-state index contributed by atoms with van der Waals surface area (Å²) in [6, 6.07) is 3.73. The predicted molar refractivity (Wildman–Crippen MR) is 143 cm³/mol. The van der Waals surface area contributed by atoms with Crippen LogP contribution in [0, 0.1) is 5.92 Å². The lowest BCUT2D eigenvalue weighted by molar-refractivity contribution is -0.144. The highest BCUT2D eigenvalue weighted by Crippen LogP contribution is 2.30. The van der Waals surface area contributed by atoms with Crippen molar-refractivity contribution in [2.24, 2.45) is 5.92 Å². The zero-order valence-electron chi connectivity index (χ0n) is 24.1. The standard InChI is InChI=1S/C28H43NO10/c1-8-19(5)36-27(32)38-23-12-11-21(17-24(23)39-28(33)37-20(6)9-2)16-22(26(31)34-7)29-14-15-35-25(30)13-10-18(3)4/h11-12,17-20,22,29H,8-10,13-16H2,1-7H3/t19?,20?,22-/m0/s1. The van der Waals surface area contributed by atoms with Crippen molar-refractivity contribution in [2.45, 2.75) is 91.9 Å².